The second kappa shape index (κ2) is 3.11. The first kappa shape index (κ1) is 7.56. The lowest BCUT2D eigenvalue weighted by atomic mass is 9.80. The van der Waals surface area contributed by atoms with E-state index in [1.807, 2.05) is 0 Å². The van der Waals surface area contributed by atoms with Crippen molar-refractivity contribution < 1.29 is 4.74 Å². The van der Waals surface area contributed by atoms with Gasteiger partial charge in [0.15, 0.2) is 0 Å². The molecule has 0 spiro atoms. The molecule has 2 nitrogen and oxygen atoms in total. The van der Waals surface area contributed by atoms with E-state index in [0.29, 0.717) is 12.0 Å². The molecular formula is C9H17NO. The molecule has 0 radical (unpaired) electrons. The number of nitrogens with two attached hydrogens (primary N) is 1. The van der Waals surface area contributed by atoms with Gasteiger partial charge in [0.2, 0.25) is 0 Å². The van der Waals surface area contributed by atoms with Crippen LogP contribution in [0.25, 0.3) is 0 Å². The van der Waals surface area contributed by atoms with Crippen LogP contribution in [0, 0.1) is 11.8 Å². The minimum atomic E-state index is 0.567. The van der Waals surface area contributed by atoms with Crippen molar-refractivity contribution in [3.63, 3.8) is 0 Å². The largest absolute Gasteiger partial charge is 0.378 e. The van der Waals surface area contributed by atoms with E-state index in [9.17, 15) is 0 Å². The average molecular weight is 155 g/mol. The van der Waals surface area contributed by atoms with Gasteiger partial charge in [0.05, 0.1) is 12.7 Å². The molecule has 2 rings (SSSR count). The summed E-state index contributed by atoms with van der Waals surface area (Å²) in [6.07, 6.45) is 5.95. The van der Waals surface area contributed by atoms with Crippen molar-refractivity contribution in [2.24, 2.45) is 17.6 Å². The Labute approximate surface area is 68.1 Å². The summed E-state index contributed by atoms with van der Waals surface area (Å²) in [5, 5.41) is 0. The summed E-state index contributed by atoms with van der Waals surface area (Å²) in [5.41, 5.74) is 5.66. The smallest absolute Gasteiger partial charge is 0.0607 e. The summed E-state index contributed by atoms with van der Waals surface area (Å²) in [6, 6.07) is 0. The van der Waals surface area contributed by atoms with Gasteiger partial charge >= 0.3 is 0 Å². The highest BCUT2D eigenvalue weighted by atomic mass is 16.5. The van der Waals surface area contributed by atoms with Crippen LogP contribution in [-0.2, 0) is 4.74 Å². The van der Waals surface area contributed by atoms with Gasteiger partial charge in [-0.25, -0.2) is 0 Å². The number of fused-ring (bicyclic) bond motifs is 1. The molecule has 0 aromatic carbocycles. The van der Waals surface area contributed by atoms with E-state index in [0.717, 1.165) is 19.1 Å². The summed E-state index contributed by atoms with van der Waals surface area (Å²) in [7, 11) is 0. The molecule has 0 bridgehead atoms. The maximum absolute atomic E-state index is 5.68. The highest BCUT2D eigenvalue weighted by Crippen LogP contribution is 2.37. The monoisotopic (exact) mass is 155 g/mol. The van der Waals surface area contributed by atoms with Crippen molar-refractivity contribution in [3.8, 4) is 0 Å². The van der Waals surface area contributed by atoms with E-state index in [4.69, 9.17) is 10.5 Å². The van der Waals surface area contributed by atoms with E-state index in [2.05, 4.69) is 0 Å². The number of hydrogen-bond acceptors (Lipinski definition) is 2. The first-order chi connectivity index (χ1) is 5.42. The molecule has 64 valence electrons. The van der Waals surface area contributed by atoms with Gasteiger partial charge in [-0.2, -0.15) is 0 Å². The van der Waals surface area contributed by atoms with Crippen molar-refractivity contribution >= 4 is 0 Å². The van der Waals surface area contributed by atoms with Gasteiger partial charge in [-0.05, 0) is 31.2 Å². The van der Waals surface area contributed by atoms with E-state index in [-0.39, 0.29) is 0 Å². The highest BCUT2D eigenvalue weighted by molar-refractivity contribution is 4.86. The van der Waals surface area contributed by atoms with Crippen LogP contribution in [0.4, 0.5) is 0 Å². The van der Waals surface area contributed by atoms with Gasteiger partial charge in [0, 0.05) is 0 Å². The van der Waals surface area contributed by atoms with Crippen LogP contribution in [-0.4, -0.2) is 19.3 Å². The van der Waals surface area contributed by atoms with Gasteiger partial charge in [-0.3, -0.25) is 0 Å². The molecule has 1 aliphatic heterocycles. The predicted molar refractivity (Wildman–Crippen MR) is 44.2 cm³/mol. The molecule has 11 heavy (non-hydrogen) atoms. The molecule has 2 heteroatoms. The zero-order valence-electron chi connectivity index (χ0n) is 6.96. The Balaban J connectivity index is 1.98. The number of rotatable bonds is 1. The van der Waals surface area contributed by atoms with Crippen molar-refractivity contribution in [3.05, 3.63) is 0 Å². The number of hydrogen-bond donors (Lipinski definition) is 1. The minimum Gasteiger partial charge on any atom is -0.378 e. The highest BCUT2D eigenvalue weighted by Gasteiger charge is 2.37. The molecule has 1 aliphatic carbocycles. The SMILES string of the molecule is NCC1COC2CCCCC12. The third-order valence-corrected chi connectivity index (χ3v) is 3.19. The first-order valence-electron chi connectivity index (χ1n) is 4.73. The summed E-state index contributed by atoms with van der Waals surface area (Å²) in [6.45, 7) is 1.74. The predicted octanol–water partition coefficient (Wildman–Crippen LogP) is 1.15. The molecular weight excluding hydrogens is 138 g/mol. The van der Waals surface area contributed by atoms with Gasteiger partial charge in [0.25, 0.3) is 0 Å². The van der Waals surface area contributed by atoms with Crippen molar-refractivity contribution in [2.75, 3.05) is 13.2 Å². The summed E-state index contributed by atoms with van der Waals surface area (Å²) in [4.78, 5) is 0. The van der Waals surface area contributed by atoms with E-state index < -0.39 is 0 Å². The molecule has 1 saturated carbocycles. The Morgan fingerprint density at radius 1 is 1.27 bits per heavy atom. The third kappa shape index (κ3) is 1.30. The van der Waals surface area contributed by atoms with Crippen molar-refractivity contribution in [2.45, 2.75) is 31.8 Å². The van der Waals surface area contributed by atoms with Crippen LogP contribution >= 0.6 is 0 Å². The van der Waals surface area contributed by atoms with Gasteiger partial charge in [-0.1, -0.05) is 12.8 Å². The lowest BCUT2D eigenvalue weighted by molar-refractivity contribution is 0.0663. The summed E-state index contributed by atoms with van der Waals surface area (Å²) < 4.78 is 5.68. The standard InChI is InChI=1S/C9H17NO/c10-5-7-6-11-9-4-2-1-3-8(7)9/h7-9H,1-6,10H2. The van der Waals surface area contributed by atoms with Crippen LogP contribution in [0.1, 0.15) is 25.7 Å². The van der Waals surface area contributed by atoms with Gasteiger partial charge < -0.3 is 10.5 Å². The lowest BCUT2D eigenvalue weighted by Gasteiger charge is -2.26. The quantitative estimate of drug-likeness (QED) is 0.616. The molecule has 0 amide bonds. The second-order valence-electron chi connectivity index (χ2n) is 3.82. The fourth-order valence-electron chi connectivity index (χ4n) is 2.49. The molecule has 2 fully saturated rings. The van der Waals surface area contributed by atoms with Crippen LogP contribution in [0.5, 0.6) is 0 Å². The van der Waals surface area contributed by atoms with Crippen LogP contribution in [0.15, 0.2) is 0 Å². The van der Waals surface area contributed by atoms with E-state index in [1.165, 1.54) is 25.7 Å². The molecule has 2 N–H and O–H groups in total. The molecule has 0 aromatic heterocycles. The van der Waals surface area contributed by atoms with Gasteiger partial charge in [-0.15, -0.1) is 0 Å². The topological polar surface area (TPSA) is 35.2 Å². The normalized spacial score (nSPS) is 43.9. The molecule has 3 atom stereocenters. The van der Waals surface area contributed by atoms with E-state index in [1.54, 1.807) is 0 Å². The molecule has 2 aliphatic rings. The molecule has 0 aromatic rings. The van der Waals surface area contributed by atoms with Crippen molar-refractivity contribution in [1.82, 2.24) is 0 Å². The Morgan fingerprint density at radius 2 is 2.09 bits per heavy atom. The summed E-state index contributed by atoms with van der Waals surface area (Å²) in [5.74, 6) is 1.47. The van der Waals surface area contributed by atoms with E-state index >= 15 is 0 Å². The molecule has 3 unspecified atom stereocenters. The summed E-state index contributed by atoms with van der Waals surface area (Å²) >= 11 is 0. The first-order valence-corrected chi connectivity index (χ1v) is 4.73. The van der Waals surface area contributed by atoms with Crippen LogP contribution in [0.2, 0.25) is 0 Å². The fourth-order valence-corrected chi connectivity index (χ4v) is 2.49. The maximum Gasteiger partial charge on any atom is 0.0607 e. The Kier molecular flexibility index (Phi) is 2.14. The van der Waals surface area contributed by atoms with Crippen LogP contribution < -0.4 is 5.73 Å². The number of ether oxygens (including phenoxy) is 1. The second-order valence-corrected chi connectivity index (χ2v) is 3.82. The Hall–Kier alpha value is -0.0800. The average Bonchev–Trinajstić information content (AvgIpc) is 2.47. The van der Waals surface area contributed by atoms with Gasteiger partial charge in [0.1, 0.15) is 0 Å². The zero-order chi connectivity index (χ0) is 7.68. The molecule has 1 heterocycles. The fraction of sp³-hybridized carbons (Fsp3) is 1.00. The lowest BCUT2D eigenvalue weighted by Crippen LogP contribution is -2.28. The minimum absolute atomic E-state index is 0.567. The van der Waals surface area contributed by atoms with Crippen molar-refractivity contribution in [1.29, 1.82) is 0 Å². The maximum atomic E-state index is 5.68. The Bertz CT molecular complexity index is 132. The zero-order valence-corrected chi connectivity index (χ0v) is 6.96. The van der Waals surface area contributed by atoms with Crippen LogP contribution in [0.3, 0.4) is 0 Å². The molecule has 1 saturated heterocycles. The third-order valence-electron chi connectivity index (χ3n) is 3.19. The Morgan fingerprint density at radius 3 is 2.91 bits per heavy atom.